The summed E-state index contributed by atoms with van der Waals surface area (Å²) in [5.74, 6) is 0.554. The molecule has 2 rings (SSSR count). The summed E-state index contributed by atoms with van der Waals surface area (Å²) in [6, 6.07) is 6.73. The van der Waals surface area contributed by atoms with Crippen LogP contribution in [0.25, 0.3) is 10.9 Å². The molecule has 1 atom stereocenters. The van der Waals surface area contributed by atoms with E-state index in [-0.39, 0.29) is 11.6 Å². The first-order valence-corrected chi connectivity index (χ1v) is 10.6. The predicted octanol–water partition coefficient (Wildman–Crippen LogP) is 2.95. The van der Waals surface area contributed by atoms with Crippen molar-refractivity contribution < 1.29 is 14.3 Å². The van der Waals surface area contributed by atoms with Crippen molar-refractivity contribution in [2.75, 3.05) is 40.5 Å². The maximum Gasteiger partial charge on any atom is 0.318 e. The zero-order chi connectivity index (χ0) is 21.9. The number of para-hydroxylation sites is 1. The number of ether oxygens (including phenoxy) is 2. The maximum absolute atomic E-state index is 13.2. The van der Waals surface area contributed by atoms with Gasteiger partial charge in [0.15, 0.2) is 0 Å². The Bertz CT molecular complexity index is 868. The molecule has 1 N–H and O–H groups in total. The van der Waals surface area contributed by atoms with E-state index in [0.717, 1.165) is 12.8 Å². The number of urea groups is 1. The van der Waals surface area contributed by atoms with Gasteiger partial charge in [-0.2, -0.15) is 0 Å². The van der Waals surface area contributed by atoms with Crippen LogP contribution in [-0.2, 0) is 16.0 Å². The normalized spacial score (nSPS) is 12.1. The van der Waals surface area contributed by atoms with E-state index >= 15 is 0 Å². The number of hydrogen-bond acceptors (Lipinski definition) is 5. The van der Waals surface area contributed by atoms with Crippen LogP contribution in [0.4, 0.5) is 4.79 Å². The van der Waals surface area contributed by atoms with Crippen LogP contribution in [0.15, 0.2) is 29.1 Å². The van der Waals surface area contributed by atoms with Gasteiger partial charge in [0, 0.05) is 33.9 Å². The molecular formula is C22H34N4O4. The monoisotopic (exact) mass is 418 g/mol. The Hall–Kier alpha value is -2.45. The lowest BCUT2D eigenvalue weighted by molar-refractivity contribution is 0.148. The van der Waals surface area contributed by atoms with Gasteiger partial charge in [-0.3, -0.25) is 9.36 Å². The molecule has 0 aliphatic carbocycles. The number of nitrogens with one attached hydrogen (secondary N) is 1. The number of benzene rings is 1. The molecule has 0 radical (unpaired) electrons. The minimum absolute atomic E-state index is 0.122. The van der Waals surface area contributed by atoms with Gasteiger partial charge in [-0.25, -0.2) is 9.78 Å². The van der Waals surface area contributed by atoms with E-state index in [1.54, 1.807) is 29.8 Å². The third-order valence-electron chi connectivity index (χ3n) is 5.07. The molecule has 0 spiro atoms. The summed E-state index contributed by atoms with van der Waals surface area (Å²) >= 11 is 0. The van der Waals surface area contributed by atoms with E-state index in [0.29, 0.717) is 56.0 Å². The van der Waals surface area contributed by atoms with Crippen molar-refractivity contribution in [3.8, 4) is 0 Å². The maximum atomic E-state index is 13.2. The fourth-order valence-corrected chi connectivity index (χ4v) is 3.37. The first-order chi connectivity index (χ1) is 14.5. The molecule has 0 bridgehead atoms. The number of hydrogen-bond donors (Lipinski definition) is 1. The van der Waals surface area contributed by atoms with Crippen molar-refractivity contribution in [2.24, 2.45) is 0 Å². The second-order valence-electron chi connectivity index (χ2n) is 7.24. The highest BCUT2D eigenvalue weighted by atomic mass is 16.5. The van der Waals surface area contributed by atoms with Crippen LogP contribution in [0.2, 0.25) is 0 Å². The van der Waals surface area contributed by atoms with Gasteiger partial charge in [-0.1, -0.05) is 25.5 Å². The number of unbranched alkanes of at least 4 members (excludes halogenated alkanes) is 1. The number of amides is 2. The van der Waals surface area contributed by atoms with E-state index < -0.39 is 6.04 Å². The molecule has 1 unspecified atom stereocenters. The highest BCUT2D eigenvalue weighted by Crippen LogP contribution is 2.20. The number of nitrogens with zero attached hydrogens (tertiary/aromatic N) is 3. The van der Waals surface area contributed by atoms with E-state index in [1.807, 2.05) is 25.1 Å². The Morgan fingerprint density at radius 1 is 1.20 bits per heavy atom. The smallest absolute Gasteiger partial charge is 0.318 e. The molecular weight excluding hydrogens is 384 g/mol. The molecule has 8 heteroatoms. The molecule has 8 nitrogen and oxygen atoms in total. The van der Waals surface area contributed by atoms with Crippen molar-refractivity contribution in [2.45, 2.75) is 45.7 Å². The van der Waals surface area contributed by atoms with Crippen molar-refractivity contribution in [3.05, 3.63) is 40.4 Å². The van der Waals surface area contributed by atoms with Gasteiger partial charge in [0.25, 0.3) is 5.56 Å². The standard InChI is InChI=1S/C22H34N4O4/c1-5-6-12-23-22(28)25(13-9-15-29-3)17(2)20-24-19-11-8-7-10-18(19)21(27)26(20)14-16-30-4/h7-8,10-11,17H,5-6,9,12-16H2,1-4H3,(H,23,28). The first-order valence-electron chi connectivity index (χ1n) is 10.6. The van der Waals surface area contributed by atoms with Crippen LogP contribution in [0.5, 0.6) is 0 Å². The lowest BCUT2D eigenvalue weighted by atomic mass is 10.2. The molecule has 166 valence electrons. The van der Waals surface area contributed by atoms with Gasteiger partial charge >= 0.3 is 6.03 Å². The Labute approximate surface area is 178 Å². The van der Waals surface area contributed by atoms with E-state index in [1.165, 1.54) is 0 Å². The summed E-state index contributed by atoms with van der Waals surface area (Å²) in [7, 11) is 3.24. The Morgan fingerprint density at radius 3 is 2.63 bits per heavy atom. The lowest BCUT2D eigenvalue weighted by Crippen LogP contribution is -2.44. The molecule has 2 aromatic rings. The van der Waals surface area contributed by atoms with Crippen LogP contribution < -0.4 is 10.9 Å². The fraction of sp³-hybridized carbons (Fsp3) is 0.591. The molecule has 0 saturated heterocycles. The molecule has 0 aliphatic rings. The minimum atomic E-state index is -0.391. The Morgan fingerprint density at radius 2 is 1.93 bits per heavy atom. The zero-order valence-electron chi connectivity index (χ0n) is 18.5. The minimum Gasteiger partial charge on any atom is -0.385 e. The molecule has 1 heterocycles. The quantitative estimate of drug-likeness (QED) is 0.536. The number of rotatable bonds is 12. The molecule has 0 saturated carbocycles. The average molecular weight is 419 g/mol. The first kappa shape index (κ1) is 23.8. The van der Waals surface area contributed by atoms with E-state index in [9.17, 15) is 9.59 Å². The van der Waals surface area contributed by atoms with Crippen LogP contribution >= 0.6 is 0 Å². The fourth-order valence-electron chi connectivity index (χ4n) is 3.37. The largest absolute Gasteiger partial charge is 0.385 e. The van der Waals surface area contributed by atoms with Gasteiger partial charge < -0.3 is 19.7 Å². The Kier molecular flexibility index (Phi) is 9.76. The number of carbonyl (C=O) groups excluding carboxylic acids is 1. The molecule has 0 fully saturated rings. The Balaban J connectivity index is 2.44. The van der Waals surface area contributed by atoms with Gasteiger partial charge in [-0.15, -0.1) is 0 Å². The van der Waals surface area contributed by atoms with Crippen molar-refractivity contribution in [1.29, 1.82) is 0 Å². The SMILES string of the molecule is CCCCNC(=O)N(CCCOC)C(C)c1nc2ccccc2c(=O)n1CCOC. The summed E-state index contributed by atoms with van der Waals surface area (Å²) in [5.41, 5.74) is 0.504. The number of fused-ring (bicyclic) bond motifs is 1. The number of carbonyl (C=O) groups is 1. The molecule has 2 amide bonds. The van der Waals surface area contributed by atoms with Crippen molar-refractivity contribution >= 4 is 16.9 Å². The topological polar surface area (TPSA) is 85.7 Å². The van der Waals surface area contributed by atoms with Gasteiger partial charge in [0.05, 0.1) is 30.1 Å². The van der Waals surface area contributed by atoms with Crippen molar-refractivity contribution in [1.82, 2.24) is 19.8 Å². The summed E-state index contributed by atoms with van der Waals surface area (Å²) in [4.78, 5) is 32.6. The second kappa shape index (κ2) is 12.3. The third-order valence-corrected chi connectivity index (χ3v) is 5.07. The van der Waals surface area contributed by atoms with Crippen LogP contribution in [0.1, 0.15) is 45.0 Å². The van der Waals surface area contributed by atoms with Gasteiger partial charge in [-0.05, 0) is 31.9 Å². The van der Waals surface area contributed by atoms with Crippen molar-refractivity contribution in [3.63, 3.8) is 0 Å². The highest BCUT2D eigenvalue weighted by molar-refractivity contribution is 5.78. The summed E-state index contributed by atoms with van der Waals surface area (Å²) < 4.78 is 12.0. The number of aromatic nitrogens is 2. The van der Waals surface area contributed by atoms with Crippen LogP contribution in [0.3, 0.4) is 0 Å². The summed E-state index contributed by atoms with van der Waals surface area (Å²) in [6.45, 7) is 6.41. The molecule has 30 heavy (non-hydrogen) atoms. The second-order valence-corrected chi connectivity index (χ2v) is 7.24. The lowest BCUT2D eigenvalue weighted by Gasteiger charge is -2.30. The third kappa shape index (κ3) is 6.03. The number of methoxy groups -OCH3 is 2. The highest BCUT2D eigenvalue weighted by Gasteiger charge is 2.25. The van der Waals surface area contributed by atoms with E-state index in [2.05, 4.69) is 12.2 Å². The molecule has 0 aliphatic heterocycles. The van der Waals surface area contributed by atoms with Gasteiger partial charge in [0.1, 0.15) is 5.82 Å². The van der Waals surface area contributed by atoms with Crippen LogP contribution in [0, 0.1) is 0 Å². The molecule has 1 aromatic heterocycles. The van der Waals surface area contributed by atoms with E-state index in [4.69, 9.17) is 14.5 Å². The average Bonchev–Trinajstić information content (AvgIpc) is 2.75. The zero-order valence-corrected chi connectivity index (χ0v) is 18.5. The summed E-state index contributed by atoms with van der Waals surface area (Å²) in [5, 5.41) is 3.54. The van der Waals surface area contributed by atoms with Gasteiger partial charge in [0.2, 0.25) is 0 Å². The molecule has 1 aromatic carbocycles. The summed E-state index contributed by atoms with van der Waals surface area (Å²) in [6.07, 6.45) is 2.61. The van der Waals surface area contributed by atoms with Crippen LogP contribution in [-0.4, -0.2) is 61.0 Å². The predicted molar refractivity (Wildman–Crippen MR) is 118 cm³/mol.